The van der Waals surface area contributed by atoms with Crippen molar-refractivity contribution in [1.29, 1.82) is 0 Å². The number of aromatic nitrogens is 2. The Morgan fingerprint density at radius 3 is 3.14 bits per heavy atom. The Hall–Kier alpha value is -2.08. The molecule has 0 aliphatic carbocycles. The van der Waals surface area contributed by atoms with Crippen molar-refractivity contribution in [2.24, 2.45) is 0 Å². The molecule has 2 aromatic rings. The van der Waals surface area contributed by atoms with Gasteiger partial charge in [-0.2, -0.15) is 0 Å². The van der Waals surface area contributed by atoms with Gasteiger partial charge in [0.15, 0.2) is 0 Å². The lowest BCUT2D eigenvalue weighted by atomic mass is 10.0. The maximum atomic E-state index is 12.2. The maximum Gasteiger partial charge on any atom is 0.319 e. The number of aryl methyl sites for hydroxylation is 1. The molecule has 1 aliphatic heterocycles. The van der Waals surface area contributed by atoms with Crippen LogP contribution >= 0.6 is 0 Å². The second-order valence-electron chi connectivity index (χ2n) is 5.83. The van der Waals surface area contributed by atoms with Gasteiger partial charge < -0.3 is 20.4 Å². The first-order chi connectivity index (χ1) is 10.6. The molecule has 3 N–H and O–H groups in total. The summed E-state index contributed by atoms with van der Waals surface area (Å²) in [5.74, 6) is 0. The molecule has 2 amide bonds. The zero-order valence-electron chi connectivity index (χ0n) is 13.0. The summed E-state index contributed by atoms with van der Waals surface area (Å²) < 4.78 is 5.70. The van der Waals surface area contributed by atoms with Crippen LogP contribution in [0.3, 0.4) is 0 Å². The van der Waals surface area contributed by atoms with Gasteiger partial charge in [-0.25, -0.2) is 9.78 Å². The smallest absolute Gasteiger partial charge is 0.319 e. The zero-order valence-corrected chi connectivity index (χ0v) is 13.0. The van der Waals surface area contributed by atoms with Crippen LogP contribution in [-0.2, 0) is 4.74 Å². The molecule has 3 rings (SSSR count). The molecule has 3 heterocycles. The summed E-state index contributed by atoms with van der Waals surface area (Å²) in [6, 6.07) is 1.73. The maximum absolute atomic E-state index is 12.2. The Labute approximate surface area is 129 Å². The van der Waals surface area contributed by atoms with Crippen molar-refractivity contribution in [3.63, 3.8) is 0 Å². The van der Waals surface area contributed by atoms with Gasteiger partial charge in [0, 0.05) is 18.2 Å². The van der Waals surface area contributed by atoms with E-state index in [0.717, 1.165) is 48.2 Å². The highest BCUT2D eigenvalue weighted by Crippen LogP contribution is 2.22. The summed E-state index contributed by atoms with van der Waals surface area (Å²) in [4.78, 5) is 19.5. The van der Waals surface area contributed by atoms with Gasteiger partial charge in [-0.1, -0.05) is 0 Å². The number of amides is 2. The van der Waals surface area contributed by atoms with E-state index < -0.39 is 0 Å². The summed E-state index contributed by atoms with van der Waals surface area (Å²) >= 11 is 0. The first-order valence-electron chi connectivity index (χ1n) is 7.77. The Bertz CT molecular complexity index is 661. The van der Waals surface area contributed by atoms with Gasteiger partial charge in [0.1, 0.15) is 5.65 Å². The molecule has 0 saturated carbocycles. The van der Waals surface area contributed by atoms with E-state index in [4.69, 9.17) is 4.74 Å². The van der Waals surface area contributed by atoms with Crippen LogP contribution in [0.25, 0.3) is 11.0 Å². The van der Waals surface area contributed by atoms with Crippen LogP contribution < -0.4 is 10.6 Å². The first kappa shape index (κ1) is 14.8. The van der Waals surface area contributed by atoms with Gasteiger partial charge >= 0.3 is 6.03 Å². The number of carbonyl (C=O) groups is 1. The molecule has 1 fully saturated rings. The predicted octanol–water partition coefficient (Wildman–Crippen LogP) is 2.95. The highest BCUT2D eigenvalue weighted by atomic mass is 16.5. The number of anilines is 1. The quantitative estimate of drug-likeness (QED) is 0.815. The SMILES string of the molecule is Cc1c(NC(=O)NC(C)C2CCCCO2)cnc2[nH]ccc12. The lowest BCUT2D eigenvalue weighted by molar-refractivity contribution is -0.00101. The number of nitrogens with one attached hydrogen (secondary N) is 3. The number of hydrogen-bond donors (Lipinski definition) is 3. The zero-order chi connectivity index (χ0) is 15.5. The summed E-state index contributed by atoms with van der Waals surface area (Å²) in [7, 11) is 0. The second kappa shape index (κ2) is 6.36. The largest absolute Gasteiger partial charge is 0.376 e. The van der Waals surface area contributed by atoms with Gasteiger partial charge in [-0.15, -0.1) is 0 Å². The number of hydrogen-bond acceptors (Lipinski definition) is 3. The third kappa shape index (κ3) is 3.06. The molecular formula is C16H22N4O2. The topological polar surface area (TPSA) is 79.0 Å². The monoisotopic (exact) mass is 302 g/mol. The molecule has 2 unspecified atom stereocenters. The molecular weight excluding hydrogens is 280 g/mol. The number of pyridine rings is 1. The van der Waals surface area contributed by atoms with Gasteiger partial charge in [-0.05, 0) is 44.7 Å². The summed E-state index contributed by atoms with van der Waals surface area (Å²) in [5.41, 5.74) is 2.55. The van der Waals surface area contributed by atoms with Crippen LogP contribution in [0.15, 0.2) is 18.5 Å². The van der Waals surface area contributed by atoms with Crippen molar-refractivity contribution in [3.8, 4) is 0 Å². The molecule has 22 heavy (non-hydrogen) atoms. The fraction of sp³-hybridized carbons (Fsp3) is 0.500. The van der Waals surface area contributed by atoms with Crippen molar-refractivity contribution in [3.05, 3.63) is 24.0 Å². The molecule has 1 aliphatic rings. The highest BCUT2D eigenvalue weighted by molar-refractivity contribution is 5.94. The van der Waals surface area contributed by atoms with Crippen molar-refractivity contribution in [1.82, 2.24) is 15.3 Å². The fourth-order valence-electron chi connectivity index (χ4n) is 2.89. The molecule has 0 radical (unpaired) electrons. The van der Waals surface area contributed by atoms with Gasteiger partial charge in [0.25, 0.3) is 0 Å². The van der Waals surface area contributed by atoms with Crippen LogP contribution in [0.5, 0.6) is 0 Å². The van der Waals surface area contributed by atoms with Crippen molar-refractivity contribution in [2.45, 2.75) is 45.3 Å². The minimum Gasteiger partial charge on any atom is -0.376 e. The third-order valence-corrected chi connectivity index (χ3v) is 4.24. The van der Waals surface area contributed by atoms with Crippen LogP contribution in [0.1, 0.15) is 31.7 Å². The number of urea groups is 1. The summed E-state index contributed by atoms with van der Waals surface area (Å²) in [5, 5.41) is 6.85. The first-order valence-corrected chi connectivity index (χ1v) is 7.77. The fourth-order valence-corrected chi connectivity index (χ4v) is 2.89. The molecule has 0 spiro atoms. The molecule has 6 heteroatoms. The lowest BCUT2D eigenvalue weighted by Crippen LogP contribution is -2.45. The van der Waals surface area contributed by atoms with E-state index in [1.54, 1.807) is 6.20 Å². The number of H-pyrrole nitrogens is 1. The minimum atomic E-state index is -0.221. The van der Waals surface area contributed by atoms with Crippen LogP contribution in [0, 0.1) is 6.92 Å². The molecule has 6 nitrogen and oxygen atoms in total. The lowest BCUT2D eigenvalue weighted by Gasteiger charge is -2.28. The standard InChI is InChI=1S/C16H22N4O2/c1-10-12-6-7-17-15(12)18-9-13(10)20-16(21)19-11(2)14-5-3-4-8-22-14/h6-7,9,11,14H,3-5,8H2,1-2H3,(H,17,18)(H2,19,20,21). The number of rotatable bonds is 3. The van der Waals surface area contributed by atoms with Gasteiger partial charge in [0.2, 0.25) is 0 Å². The summed E-state index contributed by atoms with van der Waals surface area (Å²) in [6.45, 7) is 4.74. The van der Waals surface area contributed by atoms with E-state index in [-0.39, 0.29) is 18.2 Å². The number of fused-ring (bicyclic) bond motifs is 1. The Balaban J connectivity index is 1.63. The number of aromatic amines is 1. The minimum absolute atomic E-state index is 0.00967. The van der Waals surface area contributed by atoms with Crippen molar-refractivity contribution >= 4 is 22.8 Å². The van der Waals surface area contributed by atoms with Crippen LogP contribution in [-0.4, -0.2) is 34.8 Å². The van der Waals surface area contributed by atoms with Gasteiger partial charge in [-0.3, -0.25) is 0 Å². The highest BCUT2D eigenvalue weighted by Gasteiger charge is 2.22. The molecule has 2 aromatic heterocycles. The van der Waals surface area contributed by atoms with Crippen molar-refractivity contribution in [2.75, 3.05) is 11.9 Å². The second-order valence-corrected chi connectivity index (χ2v) is 5.83. The van der Waals surface area contributed by atoms with Crippen molar-refractivity contribution < 1.29 is 9.53 Å². The normalized spacial score (nSPS) is 19.8. The number of nitrogens with zero attached hydrogens (tertiary/aromatic N) is 1. The van der Waals surface area contributed by atoms with E-state index in [1.807, 2.05) is 26.1 Å². The number of carbonyl (C=O) groups excluding carboxylic acids is 1. The van der Waals surface area contributed by atoms with Crippen LogP contribution in [0.2, 0.25) is 0 Å². The van der Waals surface area contributed by atoms with E-state index in [0.29, 0.717) is 0 Å². The van der Waals surface area contributed by atoms with E-state index in [2.05, 4.69) is 20.6 Å². The predicted molar refractivity (Wildman–Crippen MR) is 86.0 cm³/mol. The molecule has 2 atom stereocenters. The molecule has 1 saturated heterocycles. The average molecular weight is 302 g/mol. The Kier molecular flexibility index (Phi) is 4.29. The van der Waals surface area contributed by atoms with E-state index in [9.17, 15) is 4.79 Å². The third-order valence-electron chi connectivity index (χ3n) is 4.24. The van der Waals surface area contributed by atoms with E-state index >= 15 is 0 Å². The molecule has 118 valence electrons. The molecule has 0 aromatic carbocycles. The Morgan fingerprint density at radius 2 is 2.36 bits per heavy atom. The van der Waals surface area contributed by atoms with E-state index in [1.165, 1.54) is 0 Å². The molecule has 0 bridgehead atoms. The average Bonchev–Trinajstić information content (AvgIpc) is 3.00. The Morgan fingerprint density at radius 1 is 1.50 bits per heavy atom. The van der Waals surface area contributed by atoms with Crippen LogP contribution in [0.4, 0.5) is 10.5 Å². The summed E-state index contributed by atoms with van der Waals surface area (Å²) in [6.07, 6.45) is 6.89. The number of ether oxygens (including phenoxy) is 1. The van der Waals surface area contributed by atoms with Gasteiger partial charge in [0.05, 0.1) is 24.0 Å².